The predicted molar refractivity (Wildman–Crippen MR) is 70.6 cm³/mol. The van der Waals surface area contributed by atoms with Crippen molar-refractivity contribution in [3.05, 3.63) is 29.6 Å². The summed E-state index contributed by atoms with van der Waals surface area (Å²) >= 11 is 0. The van der Waals surface area contributed by atoms with E-state index in [4.69, 9.17) is 5.11 Å². The van der Waals surface area contributed by atoms with Gasteiger partial charge in [0.1, 0.15) is 5.82 Å². The van der Waals surface area contributed by atoms with Crippen LogP contribution in [0.5, 0.6) is 0 Å². The molecule has 1 unspecified atom stereocenters. The van der Waals surface area contributed by atoms with E-state index in [1.165, 1.54) is 12.1 Å². The van der Waals surface area contributed by atoms with Gasteiger partial charge in [0.15, 0.2) is 0 Å². The van der Waals surface area contributed by atoms with Crippen LogP contribution in [0.1, 0.15) is 49.9 Å². The van der Waals surface area contributed by atoms with Gasteiger partial charge in [0.05, 0.1) is 5.56 Å². The summed E-state index contributed by atoms with van der Waals surface area (Å²) in [6.07, 6.45) is 4.24. The molecule has 0 saturated carbocycles. The predicted octanol–water partition coefficient (Wildman–Crippen LogP) is 3.90. The number of anilines is 1. The van der Waals surface area contributed by atoms with Crippen LogP contribution in [0.15, 0.2) is 18.2 Å². The molecule has 1 aromatic rings. The van der Waals surface area contributed by atoms with Crippen molar-refractivity contribution >= 4 is 11.7 Å². The molecule has 0 aliphatic carbocycles. The number of aromatic carboxylic acids is 1. The molecule has 0 saturated heterocycles. The van der Waals surface area contributed by atoms with Crippen LogP contribution in [0.25, 0.3) is 0 Å². The fourth-order valence-electron chi connectivity index (χ4n) is 1.84. The van der Waals surface area contributed by atoms with Crippen molar-refractivity contribution in [1.29, 1.82) is 0 Å². The molecule has 3 nitrogen and oxygen atoms in total. The molecule has 0 radical (unpaired) electrons. The Balaban J connectivity index is 2.77. The van der Waals surface area contributed by atoms with Crippen LogP contribution < -0.4 is 5.32 Å². The molecule has 0 heterocycles. The van der Waals surface area contributed by atoms with Gasteiger partial charge in [-0.05, 0) is 31.0 Å². The number of nitrogens with one attached hydrogen (secondary N) is 1. The summed E-state index contributed by atoms with van der Waals surface area (Å²) < 4.78 is 13.2. The molecular weight excluding hydrogens is 233 g/mol. The van der Waals surface area contributed by atoms with E-state index in [1.807, 2.05) is 0 Å². The third-order valence-electron chi connectivity index (χ3n) is 2.97. The molecule has 0 aromatic heterocycles. The molecule has 1 rings (SSSR count). The monoisotopic (exact) mass is 253 g/mol. The molecule has 2 N–H and O–H groups in total. The van der Waals surface area contributed by atoms with Gasteiger partial charge in [-0.1, -0.05) is 26.7 Å². The molecule has 4 heteroatoms. The molecule has 18 heavy (non-hydrogen) atoms. The van der Waals surface area contributed by atoms with Gasteiger partial charge in [0.2, 0.25) is 0 Å². The molecule has 1 atom stereocenters. The average Bonchev–Trinajstić information content (AvgIpc) is 2.36. The minimum atomic E-state index is -1.24. The van der Waals surface area contributed by atoms with Gasteiger partial charge < -0.3 is 10.4 Å². The lowest BCUT2D eigenvalue weighted by Gasteiger charge is -2.18. The first kappa shape index (κ1) is 14.5. The van der Waals surface area contributed by atoms with Gasteiger partial charge >= 0.3 is 5.97 Å². The van der Waals surface area contributed by atoms with E-state index in [9.17, 15) is 9.18 Å². The summed E-state index contributed by atoms with van der Waals surface area (Å²) in [6.45, 7) is 4.21. The number of carboxylic acid groups (broad SMARTS) is 1. The van der Waals surface area contributed by atoms with Crippen molar-refractivity contribution in [2.24, 2.45) is 0 Å². The first-order valence-electron chi connectivity index (χ1n) is 6.37. The average molecular weight is 253 g/mol. The fraction of sp³-hybridized carbons (Fsp3) is 0.500. The zero-order valence-corrected chi connectivity index (χ0v) is 10.9. The Bertz CT molecular complexity index is 407. The molecular formula is C14H20FNO2. The van der Waals surface area contributed by atoms with Gasteiger partial charge in [-0.25, -0.2) is 9.18 Å². The van der Waals surface area contributed by atoms with Crippen LogP contribution in [0.3, 0.4) is 0 Å². The Morgan fingerprint density at radius 2 is 2.17 bits per heavy atom. The second-order valence-corrected chi connectivity index (χ2v) is 4.39. The number of hydrogen-bond donors (Lipinski definition) is 2. The minimum Gasteiger partial charge on any atom is -0.478 e. The number of unbranched alkanes of at least 4 members (excludes halogenated alkanes) is 1. The van der Waals surface area contributed by atoms with Crippen molar-refractivity contribution in [3.63, 3.8) is 0 Å². The molecule has 0 spiro atoms. The molecule has 0 aliphatic rings. The van der Waals surface area contributed by atoms with E-state index in [2.05, 4.69) is 19.2 Å². The Morgan fingerprint density at radius 1 is 1.44 bits per heavy atom. The maximum atomic E-state index is 13.2. The highest BCUT2D eigenvalue weighted by atomic mass is 19.1. The van der Waals surface area contributed by atoms with Gasteiger partial charge in [-0.15, -0.1) is 0 Å². The SMILES string of the molecule is CCCCC(CC)Nc1ccc(F)c(C(=O)O)c1. The second kappa shape index (κ2) is 6.99. The quantitative estimate of drug-likeness (QED) is 0.774. The van der Waals surface area contributed by atoms with Gasteiger partial charge in [0.25, 0.3) is 0 Å². The fourth-order valence-corrected chi connectivity index (χ4v) is 1.84. The summed E-state index contributed by atoms with van der Waals surface area (Å²) in [5.41, 5.74) is 0.377. The summed E-state index contributed by atoms with van der Waals surface area (Å²) in [7, 11) is 0. The van der Waals surface area contributed by atoms with Crippen molar-refractivity contribution < 1.29 is 14.3 Å². The second-order valence-electron chi connectivity index (χ2n) is 4.39. The van der Waals surface area contributed by atoms with E-state index in [0.717, 1.165) is 25.7 Å². The Labute approximate surface area is 107 Å². The van der Waals surface area contributed by atoms with Crippen LogP contribution >= 0.6 is 0 Å². The number of benzene rings is 1. The molecule has 0 aliphatic heterocycles. The number of hydrogen-bond acceptors (Lipinski definition) is 2. The Kier molecular flexibility index (Phi) is 5.62. The molecule has 0 bridgehead atoms. The molecule has 0 amide bonds. The maximum Gasteiger partial charge on any atom is 0.338 e. The summed E-state index contributed by atoms with van der Waals surface area (Å²) in [4.78, 5) is 10.8. The van der Waals surface area contributed by atoms with E-state index in [0.29, 0.717) is 11.7 Å². The normalized spacial score (nSPS) is 12.2. The van der Waals surface area contributed by atoms with Crippen molar-refractivity contribution in [2.75, 3.05) is 5.32 Å². The zero-order chi connectivity index (χ0) is 13.5. The van der Waals surface area contributed by atoms with E-state index in [1.54, 1.807) is 6.07 Å². The highest BCUT2D eigenvalue weighted by Gasteiger charge is 2.12. The number of carbonyl (C=O) groups is 1. The lowest BCUT2D eigenvalue weighted by atomic mass is 10.1. The van der Waals surface area contributed by atoms with Crippen LogP contribution in [0.4, 0.5) is 10.1 Å². The third-order valence-corrected chi connectivity index (χ3v) is 2.97. The highest BCUT2D eigenvalue weighted by molar-refractivity contribution is 5.89. The largest absolute Gasteiger partial charge is 0.478 e. The van der Waals surface area contributed by atoms with Gasteiger partial charge in [-0.3, -0.25) is 0 Å². The number of halogens is 1. The summed E-state index contributed by atoms with van der Waals surface area (Å²) in [6, 6.07) is 4.43. The molecule has 0 fully saturated rings. The van der Waals surface area contributed by atoms with Gasteiger partial charge in [0, 0.05) is 11.7 Å². The van der Waals surface area contributed by atoms with Crippen molar-refractivity contribution in [3.8, 4) is 0 Å². The standard InChI is InChI=1S/C14H20FNO2/c1-3-5-6-10(4-2)16-11-7-8-13(15)12(9-11)14(17)18/h7-10,16H,3-6H2,1-2H3,(H,17,18). The maximum absolute atomic E-state index is 13.2. The number of carboxylic acids is 1. The lowest BCUT2D eigenvalue weighted by molar-refractivity contribution is 0.0692. The third kappa shape index (κ3) is 4.02. The lowest BCUT2D eigenvalue weighted by Crippen LogP contribution is -2.18. The Hall–Kier alpha value is -1.58. The van der Waals surface area contributed by atoms with Crippen LogP contribution in [-0.2, 0) is 0 Å². The van der Waals surface area contributed by atoms with Crippen molar-refractivity contribution in [1.82, 2.24) is 0 Å². The smallest absolute Gasteiger partial charge is 0.338 e. The van der Waals surface area contributed by atoms with Crippen LogP contribution in [0.2, 0.25) is 0 Å². The van der Waals surface area contributed by atoms with Crippen LogP contribution in [0, 0.1) is 5.82 Å². The highest BCUT2D eigenvalue weighted by Crippen LogP contribution is 2.18. The minimum absolute atomic E-state index is 0.287. The molecule has 1 aromatic carbocycles. The zero-order valence-electron chi connectivity index (χ0n) is 10.9. The first-order valence-corrected chi connectivity index (χ1v) is 6.37. The first-order chi connectivity index (χ1) is 8.58. The van der Waals surface area contributed by atoms with Crippen LogP contribution in [-0.4, -0.2) is 17.1 Å². The van der Waals surface area contributed by atoms with E-state index >= 15 is 0 Å². The number of rotatable bonds is 7. The topological polar surface area (TPSA) is 49.3 Å². The van der Waals surface area contributed by atoms with E-state index < -0.39 is 11.8 Å². The summed E-state index contributed by atoms with van der Waals surface area (Å²) in [5.74, 6) is -1.94. The molecule has 100 valence electrons. The van der Waals surface area contributed by atoms with E-state index in [-0.39, 0.29) is 5.56 Å². The van der Waals surface area contributed by atoms with Crippen molar-refractivity contribution in [2.45, 2.75) is 45.6 Å². The van der Waals surface area contributed by atoms with Gasteiger partial charge in [-0.2, -0.15) is 0 Å². The summed E-state index contributed by atoms with van der Waals surface area (Å²) in [5, 5.41) is 12.1. The Morgan fingerprint density at radius 3 is 2.72 bits per heavy atom.